The van der Waals surface area contributed by atoms with E-state index >= 15 is 8.78 Å². The number of hydrogen-bond donors (Lipinski definition) is 0. The third-order valence-corrected chi connectivity index (χ3v) is 4.99. The molecule has 3 nitrogen and oxygen atoms in total. The summed E-state index contributed by atoms with van der Waals surface area (Å²) >= 11 is 0. The summed E-state index contributed by atoms with van der Waals surface area (Å²) in [5, 5.41) is 0. The minimum absolute atomic E-state index is 0.0108. The van der Waals surface area contributed by atoms with Crippen LogP contribution in [0.1, 0.15) is 11.1 Å². The lowest BCUT2D eigenvalue weighted by Crippen LogP contribution is -2.33. The SMILES string of the molecule is Fc1ccc(C2(C(F)(F)c3ccc(-c4ccc(OCC(F)(F)F)cc4)nc3)CO2)c(F)c1. The van der Waals surface area contributed by atoms with E-state index in [-0.39, 0.29) is 11.4 Å². The predicted molar refractivity (Wildman–Crippen MR) is 99.1 cm³/mol. The first kappa shape index (κ1) is 22.1. The van der Waals surface area contributed by atoms with E-state index in [9.17, 15) is 22.0 Å². The van der Waals surface area contributed by atoms with Crippen molar-refractivity contribution in [3.05, 3.63) is 83.6 Å². The Kier molecular flexibility index (Phi) is 5.36. The first-order chi connectivity index (χ1) is 15.0. The maximum absolute atomic E-state index is 15.2. The normalized spacial score (nSPS) is 18.5. The van der Waals surface area contributed by atoms with Gasteiger partial charge >= 0.3 is 12.1 Å². The summed E-state index contributed by atoms with van der Waals surface area (Å²) in [4.78, 5) is 3.99. The van der Waals surface area contributed by atoms with Gasteiger partial charge in [-0.15, -0.1) is 0 Å². The molecule has 168 valence electrons. The van der Waals surface area contributed by atoms with Crippen molar-refractivity contribution in [3.8, 4) is 17.0 Å². The zero-order valence-electron chi connectivity index (χ0n) is 16.1. The number of pyridine rings is 1. The van der Waals surface area contributed by atoms with Gasteiger partial charge in [0.05, 0.1) is 12.3 Å². The van der Waals surface area contributed by atoms with Gasteiger partial charge in [-0.25, -0.2) is 8.78 Å². The largest absolute Gasteiger partial charge is 0.484 e. The fourth-order valence-electron chi connectivity index (χ4n) is 3.27. The monoisotopic (exact) mass is 457 g/mol. The third-order valence-electron chi connectivity index (χ3n) is 4.99. The van der Waals surface area contributed by atoms with Crippen molar-refractivity contribution in [1.29, 1.82) is 0 Å². The Morgan fingerprint density at radius 2 is 1.62 bits per heavy atom. The Bertz CT molecular complexity index is 1110. The molecule has 1 aliphatic rings. The predicted octanol–water partition coefficient (Wildman–Crippen LogP) is 5.99. The second kappa shape index (κ2) is 7.77. The van der Waals surface area contributed by atoms with E-state index in [0.29, 0.717) is 11.6 Å². The van der Waals surface area contributed by atoms with Gasteiger partial charge in [0.15, 0.2) is 12.2 Å². The number of ether oxygens (including phenoxy) is 2. The number of benzene rings is 2. The number of nitrogens with zero attached hydrogens (tertiary/aromatic N) is 1. The van der Waals surface area contributed by atoms with Gasteiger partial charge in [0.25, 0.3) is 0 Å². The molecule has 2 heterocycles. The number of aromatic nitrogens is 1. The Morgan fingerprint density at radius 3 is 2.16 bits per heavy atom. The molecule has 0 spiro atoms. The van der Waals surface area contributed by atoms with Crippen LogP contribution in [0.2, 0.25) is 0 Å². The summed E-state index contributed by atoms with van der Waals surface area (Å²) in [6, 6.07) is 10.2. The molecule has 0 aliphatic carbocycles. The minimum Gasteiger partial charge on any atom is -0.484 e. The van der Waals surface area contributed by atoms with Crippen LogP contribution in [0, 0.1) is 11.6 Å². The molecule has 0 amide bonds. The van der Waals surface area contributed by atoms with Crippen LogP contribution in [0.3, 0.4) is 0 Å². The van der Waals surface area contributed by atoms with Gasteiger partial charge in [-0.2, -0.15) is 22.0 Å². The van der Waals surface area contributed by atoms with E-state index in [1.54, 1.807) is 0 Å². The first-order valence-corrected chi connectivity index (χ1v) is 9.26. The maximum Gasteiger partial charge on any atom is 0.422 e. The van der Waals surface area contributed by atoms with Gasteiger partial charge in [0, 0.05) is 29.0 Å². The van der Waals surface area contributed by atoms with E-state index in [0.717, 1.165) is 24.4 Å². The second-order valence-electron chi connectivity index (χ2n) is 7.17. The van der Waals surface area contributed by atoms with Crippen LogP contribution in [0.15, 0.2) is 60.8 Å². The van der Waals surface area contributed by atoms with Crippen molar-refractivity contribution in [2.75, 3.05) is 13.2 Å². The molecule has 10 heteroatoms. The lowest BCUT2D eigenvalue weighted by molar-refractivity contribution is -0.153. The highest BCUT2D eigenvalue weighted by atomic mass is 19.4. The lowest BCUT2D eigenvalue weighted by Gasteiger charge is -2.25. The Labute approximate surface area is 177 Å². The number of epoxide rings is 1. The van der Waals surface area contributed by atoms with Gasteiger partial charge in [-0.1, -0.05) is 0 Å². The fourth-order valence-corrected chi connectivity index (χ4v) is 3.27. The van der Waals surface area contributed by atoms with Gasteiger partial charge in [0.2, 0.25) is 0 Å². The van der Waals surface area contributed by atoms with E-state index in [1.165, 1.54) is 30.3 Å². The van der Waals surface area contributed by atoms with Crippen LogP contribution < -0.4 is 4.74 Å². The number of halogens is 7. The molecule has 4 rings (SSSR count). The molecule has 1 unspecified atom stereocenters. The Hall–Kier alpha value is -3.14. The lowest BCUT2D eigenvalue weighted by atomic mass is 9.88. The molecule has 3 aromatic rings. The Morgan fingerprint density at radius 1 is 0.938 bits per heavy atom. The Balaban J connectivity index is 1.54. The fraction of sp³-hybridized carbons (Fsp3) is 0.227. The van der Waals surface area contributed by atoms with Gasteiger partial charge < -0.3 is 9.47 Å². The zero-order chi connectivity index (χ0) is 23.1. The molecule has 1 fully saturated rings. The van der Waals surface area contributed by atoms with Crippen molar-refractivity contribution in [2.45, 2.75) is 17.7 Å². The molecule has 32 heavy (non-hydrogen) atoms. The molecule has 1 saturated heterocycles. The summed E-state index contributed by atoms with van der Waals surface area (Å²) in [6.07, 6.45) is -3.56. The van der Waals surface area contributed by atoms with Crippen molar-refractivity contribution < 1.29 is 40.2 Å². The highest BCUT2D eigenvalue weighted by Gasteiger charge is 2.67. The van der Waals surface area contributed by atoms with Crippen molar-refractivity contribution in [3.63, 3.8) is 0 Å². The summed E-state index contributed by atoms with van der Waals surface area (Å²) in [7, 11) is 0. The smallest absolute Gasteiger partial charge is 0.422 e. The third kappa shape index (κ3) is 4.14. The van der Waals surface area contributed by atoms with E-state index in [4.69, 9.17) is 4.74 Å². The standard InChI is InChI=1S/C22H14F7NO2/c23-15-4-7-17(18(24)9-15)20(11-32-20)22(28,29)14-3-8-19(30-10-14)13-1-5-16(6-2-13)31-12-21(25,26)27/h1-10H,11-12H2. The quantitative estimate of drug-likeness (QED) is 0.337. The highest BCUT2D eigenvalue weighted by Crippen LogP contribution is 2.56. The van der Waals surface area contributed by atoms with E-state index < -0.39 is 53.7 Å². The number of alkyl halides is 5. The molecule has 0 N–H and O–H groups in total. The molecule has 2 aromatic carbocycles. The zero-order valence-corrected chi connectivity index (χ0v) is 16.1. The second-order valence-corrected chi connectivity index (χ2v) is 7.17. The van der Waals surface area contributed by atoms with Crippen LogP contribution >= 0.6 is 0 Å². The molecule has 1 atom stereocenters. The van der Waals surface area contributed by atoms with Gasteiger partial charge in [-0.05, 0) is 48.5 Å². The van der Waals surface area contributed by atoms with E-state index in [2.05, 4.69) is 9.72 Å². The number of hydrogen-bond acceptors (Lipinski definition) is 3. The average Bonchev–Trinajstić information content (AvgIpc) is 3.55. The van der Waals surface area contributed by atoms with Crippen LogP contribution in [-0.4, -0.2) is 24.4 Å². The minimum atomic E-state index is -4.47. The molecule has 0 bridgehead atoms. The van der Waals surface area contributed by atoms with Crippen LogP contribution in [0.5, 0.6) is 5.75 Å². The topological polar surface area (TPSA) is 34.6 Å². The van der Waals surface area contributed by atoms with Crippen molar-refractivity contribution >= 4 is 0 Å². The van der Waals surface area contributed by atoms with Crippen LogP contribution in [0.25, 0.3) is 11.3 Å². The average molecular weight is 457 g/mol. The van der Waals surface area contributed by atoms with Crippen LogP contribution in [0.4, 0.5) is 30.7 Å². The van der Waals surface area contributed by atoms with Gasteiger partial charge in [-0.3, -0.25) is 4.98 Å². The summed E-state index contributed by atoms with van der Waals surface area (Å²) < 4.78 is 104. The maximum atomic E-state index is 15.2. The summed E-state index contributed by atoms with van der Waals surface area (Å²) in [6.45, 7) is -1.89. The molecular weight excluding hydrogens is 443 g/mol. The molecule has 1 aliphatic heterocycles. The van der Waals surface area contributed by atoms with Gasteiger partial charge in [0.1, 0.15) is 17.4 Å². The molecular formula is C22H14F7NO2. The summed E-state index contributed by atoms with van der Waals surface area (Å²) in [5.74, 6) is -5.71. The first-order valence-electron chi connectivity index (χ1n) is 9.26. The molecule has 0 saturated carbocycles. The van der Waals surface area contributed by atoms with Crippen molar-refractivity contribution in [1.82, 2.24) is 4.98 Å². The number of rotatable bonds is 6. The van der Waals surface area contributed by atoms with Crippen molar-refractivity contribution in [2.24, 2.45) is 0 Å². The molecule has 1 aromatic heterocycles. The highest BCUT2D eigenvalue weighted by molar-refractivity contribution is 5.60. The van der Waals surface area contributed by atoms with E-state index in [1.807, 2.05) is 0 Å². The summed E-state index contributed by atoms with van der Waals surface area (Å²) in [5.41, 5.74) is -2.51. The van der Waals surface area contributed by atoms with Crippen LogP contribution in [-0.2, 0) is 16.3 Å². The molecule has 0 radical (unpaired) electrons.